The van der Waals surface area contributed by atoms with E-state index >= 15 is 0 Å². The zero-order chi connectivity index (χ0) is 24.3. The topological polar surface area (TPSA) is 106 Å². The number of para-hydroxylation sites is 1. The van der Waals surface area contributed by atoms with Gasteiger partial charge >= 0.3 is 5.97 Å². The van der Waals surface area contributed by atoms with Gasteiger partial charge in [0.25, 0.3) is 5.91 Å². The van der Waals surface area contributed by atoms with Crippen LogP contribution in [0.15, 0.2) is 53.4 Å². The molecule has 2 heterocycles. The van der Waals surface area contributed by atoms with Crippen molar-refractivity contribution in [1.82, 2.24) is 9.29 Å². The number of aromatic nitrogens is 1. The number of esters is 1. The van der Waals surface area contributed by atoms with E-state index in [2.05, 4.69) is 10.3 Å². The number of nitrogens with zero attached hydrogens (tertiary/aromatic N) is 2. The number of amides is 1. The van der Waals surface area contributed by atoms with Crippen molar-refractivity contribution < 1.29 is 22.7 Å². The third kappa shape index (κ3) is 4.80. The third-order valence-corrected chi connectivity index (χ3v) is 7.83. The Morgan fingerprint density at radius 2 is 1.82 bits per heavy atom. The smallest absolute Gasteiger partial charge is 0.339 e. The molecule has 0 bridgehead atoms. The first-order chi connectivity index (χ1) is 16.3. The van der Waals surface area contributed by atoms with E-state index in [1.54, 1.807) is 18.2 Å². The predicted octanol–water partition coefficient (Wildman–Crippen LogP) is 3.69. The van der Waals surface area contributed by atoms with Crippen LogP contribution >= 0.6 is 0 Å². The van der Waals surface area contributed by atoms with Crippen molar-refractivity contribution in [1.29, 1.82) is 0 Å². The van der Waals surface area contributed by atoms with Gasteiger partial charge in [0.1, 0.15) is 0 Å². The van der Waals surface area contributed by atoms with Crippen LogP contribution in [-0.4, -0.2) is 49.3 Å². The van der Waals surface area contributed by atoms with E-state index in [4.69, 9.17) is 4.74 Å². The number of hydrogen-bond donors (Lipinski definition) is 1. The van der Waals surface area contributed by atoms with Gasteiger partial charge in [-0.15, -0.1) is 0 Å². The van der Waals surface area contributed by atoms with Crippen molar-refractivity contribution in [2.75, 3.05) is 25.0 Å². The number of hydrogen-bond acceptors (Lipinski definition) is 6. The van der Waals surface area contributed by atoms with Crippen LogP contribution in [-0.2, 0) is 26.0 Å². The molecule has 0 aliphatic carbocycles. The zero-order valence-corrected chi connectivity index (χ0v) is 20.0. The van der Waals surface area contributed by atoms with Crippen LogP contribution in [0.1, 0.15) is 41.4 Å². The lowest BCUT2D eigenvalue weighted by Crippen LogP contribution is -2.28. The average Bonchev–Trinajstić information content (AvgIpc) is 3.38. The van der Waals surface area contributed by atoms with Crippen LogP contribution < -0.4 is 5.32 Å². The van der Waals surface area contributed by atoms with Crippen molar-refractivity contribution in [3.63, 3.8) is 0 Å². The van der Waals surface area contributed by atoms with Crippen LogP contribution in [0.5, 0.6) is 0 Å². The van der Waals surface area contributed by atoms with Gasteiger partial charge in [-0.25, -0.2) is 13.2 Å². The molecule has 0 radical (unpaired) electrons. The molecule has 2 aromatic carbocycles. The molecule has 1 saturated heterocycles. The van der Waals surface area contributed by atoms with Crippen molar-refractivity contribution in [2.45, 2.75) is 38.0 Å². The largest absolute Gasteiger partial charge is 0.452 e. The highest BCUT2D eigenvalue weighted by Gasteiger charge is 2.27. The van der Waals surface area contributed by atoms with Gasteiger partial charge in [-0.1, -0.05) is 31.2 Å². The first kappa shape index (κ1) is 23.8. The summed E-state index contributed by atoms with van der Waals surface area (Å²) in [5, 5.41) is 3.28. The normalized spacial score (nSPS) is 14.3. The Morgan fingerprint density at radius 3 is 2.56 bits per heavy atom. The number of fused-ring (bicyclic) bond motifs is 1. The molecule has 34 heavy (non-hydrogen) atoms. The first-order valence-corrected chi connectivity index (χ1v) is 12.7. The van der Waals surface area contributed by atoms with E-state index < -0.39 is 28.5 Å². The van der Waals surface area contributed by atoms with Crippen molar-refractivity contribution in [2.24, 2.45) is 0 Å². The Hall–Kier alpha value is -3.30. The summed E-state index contributed by atoms with van der Waals surface area (Å²) in [5.41, 5.74) is 2.93. The second-order valence-corrected chi connectivity index (χ2v) is 10.1. The lowest BCUT2D eigenvalue weighted by molar-refractivity contribution is -0.119. The SMILES string of the molecule is CCc1nc2ccccc2c(C(=O)OCC(=O)Nc2cccc(S(=O)(=O)N3CCCC3)c2)c1C. The van der Waals surface area contributed by atoms with Gasteiger partial charge < -0.3 is 10.1 Å². The second kappa shape index (κ2) is 9.90. The Kier molecular flexibility index (Phi) is 6.95. The number of pyridine rings is 1. The number of carbonyl (C=O) groups is 2. The molecule has 3 aromatic rings. The number of rotatable bonds is 7. The van der Waals surface area contributed by atoms with Crippen LogP contribution in [0, 0.1) is 6.92 Å². The number of carbonyl (C=O) groups excluding carboxylic acids is 2. The molecule has 178 valence electrons. The molecule has 1 aliphatic rings. The molecule has 0 unspecified atom stereocenters. The van der Waals surface area contributed by atoms with E-state index in [1.807, 2.05) is 32.0 Å². The molecule has 9 heteroatoms. The van der Waals surface area contributed by atoms with E-state index in [-0.39, 0.29) is 4.90 Å². The molecule has 0 saturated carbocycles. The minimum Gasteiger partial charge on any atom is -0.452 e. The minimum atomic E-state index is -3.60. The van der Waals surface area contributed by atoms with Gasteiger partial charge in [-0.2, -0.15) is 4.31 Å². The number of benzene rings is 2. The molecule has 1 aliphatic heterocycles. The van der Waals surface area contributed by atoms with E-state index in [0.29, 0.717) is 41.7 Å². The molecule has 0 atom stereocenters. The average molecular weight is 482 g/mol. The zero-order valence-electron chi connectivity index (χ0n) is 19.2. The summed E-state index contributed by atoms with van der Waals surface area (Å²) in [5.74, 6) is -1.16. The van der Waals surface area contributed by atoms with Gasteiger partial charge in [0.2, 0.25) is 10.0 Å². The summed E-state index contributed by atoms with van der Waals surface area (Å²) in [4.78, 5) is 30.1. The van der Waals surface area contributed by atoms with Crippen LogP contribution in [0.4, 0.5) is 5.69 Å². The van der Waals surface area contributed by atoms with Crippen LogP contribution in [0.3, 0.4) is 0 Å². The monoisotopic (exact) mass is 481 g/mol. The number of anilines is 1. The standard InChI is InChI=1S/C25H27N3O5S/c1-3-21-17(2)24(20-11-4-5-12-22(20)27-21)25(30)33-16-23(29)26-18-9-8-10-19(15-18)34(31,32)28-13-6-7-14-28/h4-5,8-12,15H,3,6-7,13-14,16H2,1-2H3,(H,26,29). The molecule has 4 rings (SSSR count). The molecule has 1 aromatic heterocycles. The predicted molar refractivity (Wildman–Crippen MR) is 129 cm³/mol. The number of nitrogens with one attached hydrogen (secondary N) is 1. The molecular weight excluding hydrogens is 454 g/mol. The summed E-state index contributed by atoms with van der Waals surface area (Å²) in [7, 11) is -3.60. The Labute approximate surface area is 199 Å². The molecular formula is C25H27N3O5S. The highest BCUT2D eigenvalue weighted by Crippen LogP contribution is 2.25. The molecule has 0 spiro atoms. The fourth-order valence-corrected chi connectivity index (χ4v) is 5.74. The lowest BCUT2D eigenvalue weighted by atomic mass is 10.0. The van der Waals surface area contributed by atoms with Gasteiger partial charge in [-0.3, -0.25) is 9.78 Å². The summed E-state index contributed by atoms with van der Waals surface area (Å²) >= 11 is 0. The van der Waals surface area contributed by atoms with Crippen LogP contribution in [0.25, 0.3) is 10.9 Å². The summed E-state index contributed by atoms with van der Waals surface area (Å²) in [6.45, 7) is 4.28. The van der Waals surface area contributed by atoms with Gasteiger partial charge in [-0.05, 0) is 56.0 Å². The van der Waals surface area contributed by atoms with E-state index in [9.17, 15) is 18.0 Å². The maximum Gasteiger partial charge on any atom is 0.339 e. The maximum absolute atomic E-state index is 12.9. The van der Waals surface area contributed by atoms with Gasteiger partial charge in [0.05, 0.1) is 16.0 Å². The van der Waals surface area contributed by atoms with Crippen molar-refractivity contribution in [3.8, 4) is 0 Å². The minimum absolute atomic E-state index is 0.121. The van der Waals surface area contributed by atoms with Crippen LogP contribution in [0.2, 0.25) is 0 Å². The fourth-order valence-electron chi connectivity index (χ4n) is 4.18. The first-order valence-electron chi connectivity index (χ1n) is 11.3. The van der Waals surface area contributed by atoms with Gasteiger partial charge in [0.15, 0.2) is 6.61 Å². The second-order valence-electron chi connectivity index (χ2n) is 8.19. The number of sulfonamides is 1. The summed E-state index contributed by atoms with van der Waals surface area (Å²) < 4.78 is 32.3. The third-order valence-electron chi connectivity index (χ3n) is 5.93. The van der Waals surface area contributed by atoms with Crippen molar-refractivity contribution in [3.05, 3.63) is 65.4 Å². The molecule has 1 amide bonds. The number of ether oxygens (including phenoxy) is 1. The van der Waals surface area contributed by atoms with E-state index in [1.165, 1.54) is 16.4 Å². The highest BCUT2D eigenvalue weighted by atomic mass is 32.2. The Morgan fingerprint density at radius 1 is 1.09 bits per heavy atom. The lowest BCUT2D eigenvalue weighted by Gasteiger charge is -2.16. The fraction of sp³-hybridized carbons (Fsp3) is 0.320. The Balaban J connectivity index is 1.46. The van der Waals surface area contributed by atoms with Gasteiger partial charge in [0, 0.05) is 29.9 Å². The molecule has 1 N–H and O–H groups in total. The molecule has 8 nitrogen and oxygen atoms in total. The quantitative estimate of drug-likeness (QED) is 0.516. The van der Waals surface area contributed by atoms with E-state index in [0.717, 1.165) is 24.1 Å². The molecule has 1 fully saturated rings. The Bertz CT molecular complexity index is 1350. The summed E-state index contributed by atoms with van der Waals surface area (Å²) in [6, 6.07) is 13.4. The number of aryl methyl sites for hydroxylation is 1. The summed E-state index contributed by atoms with van der Waals surface area (Å²) in [6.07, 6.45) is 2.34. The van der Waals surface area contributed by atoms with Crippen molar-refractivity contribution >= 4 is 38.5 Å². The highest BCUT2D eigenvalue weighted by molar-refractivity contribution is 7.89. The maximum atomic E-state index is 12.9.